The Bertz CT molecular complexity index is 1360. The van der Waals surface area contributed by atoms with Crippen LogP contribution in [0.15, 0.2) is 60.2 Å². The number of halogens is 3. The van der Waals surface area contributed by atoms with Crippen molar-refractivity contribution >= 4 is 38.4 Å². The van der Waals surface area contributed by atoms with Gasteiger partial charge < -0.3 is 10.3 Å². The van der Waals surface area contributed by atoms with Crippen LogP contribution in [0.1, 0.15) is 11.1 Å². The fourth-order valence-corrected chi connectivity index (χ4v) is 4.24. The summed E-state index contributed by atoms with van der Waals surface area (Å²) in [5.74, 6) is 1.15. The average Bonchev–Trinajstić information content (AvgIpc) is 3.36. The summed E-state index contributed by atoms with van der Waals surface area (Å²) >= 11 is 1.63. The fraction of sp³-hybridized carbons (Fsp3) is 0.0952. The lowest BCUT2D eigenvalue weighted by molar-refractivity contribution is -0.137. The Hall–Kier alpha value is -3.46. The van der Waals surface area contributed by atoms with Gasteiger partial charge >= 0.3 is 6.18 Å². The lowest BCUT2D eigenvalue weighted by Crippen LogP contribution is -2.07. The fourth-order valence-electron chi connectivity index (χ4n) is 3.29. The van der Waals surface area contributed by atoms with Crippen molar-refractivity contribution in [2.75, 3.05) is 5.32 Å². The van der Waals surface area contributed by atoms with E-state index in [9.17, 15) is 13.2 Å². The van der Waals surface area contributed by atoms with Crippen molar-refractivity contribution in [3.63, 3.8) is 0 Å². The van der Waals surface area contributed by atoms with Crippen LogP contribution in [0, 0.1) is 0 Å². The van der Waals surface area contributed by atoms with Crippen molar-refractivity contribution in [2.45, 2.75) is 12.7 Å². The van der Waals surface area contributed by atoms with Crippen LogP contribution in [0.5, 0.6) is 0 Å². The van der Waals surface area contributed by atoms with Crippen LogP contribution in [-0.4, -0.2) is 19.9 Å². The highest BCUT2D eigenvalue weighted by atomic mass is 32.1. The molecule has 3 aromatic heterocycles. The first kappa shape index (κ1) is 18.6. The zero-order valence-corrected chi connectivity index (χ0v) is 16.2. The second kappa shape index (κ2) is 7.10. The summed E-state index contributed by atoms with van der Waals surface area (Å²) in [5.41, 5.74) is 1.89. The third-order valence-corrected chi connectivity index (χ3v) is 5.70. The maximum Gasteiger partial charge on any atom is 0.416 e. The predicted molar refractivity (Wildman–Crippen MR) is 111 cm³/mol. The smallest absolute Gasteiger partial charge is 0.364 e. The lowest BCUT2D eigenvalue weighted by atomic mass is 10.1. The van der Waals surface area contributed by atoms with Crippen molar-refractivity contribution in [2.24, 2.45) is 0 Å². The Labute approximate surface area is 172 Å². The summed E-state index contributed by atoms with van der Waals surface area (Å²) in [4.78, 5) is 16.3. The predicted octanol–water partition coefficient (Wildman–Crippen LogP) is 5.87. The quantitative estimate of drug-likeness (QED) is 0.378. The summed E-state index contributed by atoms with van der Waals surface area (Å²) < 4.78 is 40.0. The van der Waals surface area contributed by atoms with Crippen molar-refractivity contribution in [1.29, 1.82) is 0 Å². The van der Waals surface area contributed by atoms with Gasteiger partial charge in [0.05, 0.1) is 5.56 Å². The van der Waals surface area contributed by atoms with Gasteiger partial charge in [-0.05, 0) is 23.8 Å². The van der Waals surface area contributed by atoms with Gasteiger partial charge in [-0.25, -0.2) is 15.0 Å². The highest BCUT2D eigenvalue weighted by Gasteiger charge is 2.30. The molecule has 150 valence electrons. The molecule has 5 aromatic rings. The SMILES string of the molecule is FC(F)(F)c1cccc(CNc2ncnc3nc(-c4csc5ccccc45)[nH]c23)c1. The van der Waals surface area contributed by atoms with E-state index in [0.717, 1.165) is 27.8 Å². The number of fused-ring (bicyclic) bond motifs is 2. The van der Waals surface area contributed by atoms with E-state index in [1.54, 1.807) is 17.4 Å². The Morgan fingerprint density at radius 1 is 1.03 bits per heavy atom. The summed E-state index contributed by atoms with van der Waals surface area (Å²) in [6, 6.07) is 13.3. The first-order valence-electron chi connectivity index (χ1n) is 9.06. The molecular weight excluding hydrogens is 411 g/mol. The van der Waals surface area contributed by atoms with Crippen LogP contribution < -0.4 is 5.32 Å². The zero-order valence-electron chi connectivity index (χ0n) is 15.4. The number of alkyl halides is 3. The minimum atomic E-state index is -4.38. The first-order chi connectivity index (χ1) is 14.5. The summed E-state index contributed by atoms with van der Waals surface area (Å²) in [6.07, 6.45) is -2.99. The highest BCUT2D eigenvalue weighted by Crippen LogP contribution is 2.34. The van der Waals surface area contributed by atoms with Gasteiger partial charge in [0, 0.05) is 27.6 Å². The molecule has 0 amide bonds. The second-order valence-electron chi connectivity index (χ2n) is 6.70. The molecule has 30 heavy (non-hydrogen) atoms. The van der Waals surface area contributed by atoms with Gasteiger partial charge in [0.1, 0.15) is 17.7 Å². The van der Waals surface area contributed by atoms with Gasteiger partial charge in [-0.15, -0.1) is 11.3 Å². The van der Waals surface area contributed by atoms with E-state index in [1.807, 2.05) is 29.6 Å². The number of aromatic nitrogens is 4. The number of benzene rings is 2. The van der Waals surface area contributed by atoms with E-state index in [-0.39, 0.29) is 6.54 Å². The molecule has 2 N–H and O–H groups in total. The van der Waals surface area contributed by atoms with Crippen LogP contribution in [0.4, 0.5) is 19.0 Å². The van der Waals surface area contributed by atoms with E-state index < -0.39 is 11.7 Å². The van der Waals surface area contributed by atoms with Crippen LogP contribution in [0.3, 0.4) is 0 Å². The molecule has 9 heteroatoms. The number of imidazole rings is 1. The molecule has 0 atom stereocenters. The minimum absolute atomic E-state index is 0.186. The number of hydrogen-bond acceptors (Lipinski definition) is 5. The van der Waals surface area contributed by atoms with Crippen molar-refractivity contribution in [3.8, 4) is 11.4 Å². The number of anilines is 1. The molecule has 3 heterocycles. The second-order valence-corrected chi connectivity index (χ2v) is 7.61. The monoisotopic (exact) mass is 425 g/mol. The molecule has 0 saturated carbocycles. The standard InChI is InChI=1S/C21H14F3N5S/c22-21(23,24)13-5-3-4-12(8-13)9-25-19-17-20(27-11-26-19)29-18(28-17)15-10-30-16-7-2-1-6-14(15)16/h1-8,10-11H,9H2,(H2,25,26,27,28,29). The molecular formula is C21H14F3N5S. The van der Waals surface area contributed by atoms with Gasteiger partial charge in [-0.2, -0.15) is 13.2 Å². The summed E-state index contributed by atoms with van der Waals surface area (Å²) in [6.45, 7) is 0.186. The number of nitrogens with one attached hydrogen (secondary N) is 2. The normalized spacial score (nSPS) is 12.0. The van der Waals surface area contributed by atoms with Crippen molar-refractivity contribution in [1.82, 2.24) is 19.9 Å². The molecule has 0 bridgehead atoms. The van der Waals surface area contributed by atoms with E-state index in [0.29, 0.717) is 28.4 Å². The number of hydrogen-bond donors (Lipinski definition) is 2. The van der Waals surface area contributed by atoms with Gasteiger partial charge in [-0.1, -0.05) is 30.3 Å². The van der Waals surface area contributed by atoms with Crippen LogP contribution >= 0.6 is 11.3 Å². The highest BCUT2D eigenvalue weighted by molar-refractivity contribution is 7.17. The molecule has 0 saturated heterocycles. The molecule has 0 spiro atoms. The van der Waals surface area contributed by atoms with Crippen molar-refractivity contribution in [3.05, 3.63) is 71.4 Å². The third-order valence-electron chi connectivity index (χ3n) is 4.74. The van der Waals surface area contributed by atoms with Crippen molar-refractivity contribution < 1.29 is 13.2 Å². The number of thiophene rings is 1. The van der Waals surface area contributed by atoms with Crippen LogP contribution in [-0.2, 0) is 12.7 Å². The van der Waals surface area contributed by atoms with Crippen LogP contribution in [0.25, 0.3) is 32.6 Å². The molecule has 0 unspecified atom stereocenters. The summed E-state index contributed by atoms with van der Waals surface area (Å²) in [5, 5.41) is 6.22. The Morgan fingerprint density at radius 2 is 1.90 bits per heavy atom. The number of nitrogens with zero attached hydrogens (tertiary/aromatic N) is 3. The molecule has 0 aliphatic rings. The largest absolute Gasteiger partial charge is 0.416 e. The topological polar surface area (TPSA) is 66.5 Å². The van der Waals surface area contributed by atoms with Gasteiger partial charge in [0.15, 0.2) is 11.5 Å². The van der Waals surface area contributed by atoms with E-state index in [1.165, 1.54) is 12.4 Å². The summed E-state index contributed by atoms with van der Waals surface area (Å²) in [7, 11) is 0. The van der Waals surface area contributed by atoms with Gasteiger partial charge in [0.2, 0.25) is 0 Å². The molecule has 0 aliphatic carbocycles. The lowest BCUT2D eigenvalue weighted by Gasteiger charge is -2.10. The molecule has 5 rings (SSSR count). The average molecular weight is 425 g/mol. The molecule has 2 aromatic carbocycles. The van der Waals surface area contributed by atoms with Gasteiger partial charge in [-0.3, -0.25) is 0 Å². The zero-order chi connectivity index (χ0) is 20.7. The Balaban J connectivity index is 1.46. The number of aromatic amines is 1. The maximum absolute atomic E-state index is 12.9. The molecule has 0 radical (unpaired) electrons. The van der Waals surface area contributed by atoms with E-state index >= 15 is 0 Å². The molecule has 0 fully saturated rings. The maximum atomic E-state index is 12.9. The number of H-pyrrole nitrogens is 1. The van der Waals surface area contributed by atoms with E-state index in [2.05, 4.69) is 25.3 Å². The van der Waals surface area contributed by atoms with E-state index in [4.69, 9.17) is 0 Å². The molecule has 5 nitrogen and oxygen atoms in total. The van der Waals surface area contributed by atoms with Gasteiger partial charge in [0.25, 0.3) is 0 Å². The Morgan fingerprint density at radius 3 is 2.77 bits per heavy atom. The number of rotatable bonds is 4. The molecule has 0 aliphatic heterocycles. The minimum Gasteiger partial charge on any atom is -0.364 e. The first-order valence-corrected chi connectivity index (χ1v) is 9.94. The third kappa shape index (κ3) is 3.37. The Kier molecular flexibility index (Phi) is 4.39. The van der Waals surface area contributed by atoms with Crippen LogP contribution in [0.2, 0.25) is 0 Å².